The molecule has 2 heterocycles. The van der Waals surface area contributed by atoms with Crippen LogP contribution in [-0.2, 0) is 14.3 Å². The molecular weight excluding hydrogens is 472 g/mol. The van der Waals surface area contributed by atoms with Crippen molar-refractivity contribution in [1.82, 2.24) is 9.80 Å². The molecule has 1 N–H and O–H groups in total. The third-order valence-electron chi connectivity index (χ3n) is 7.76. The lowest BCUT2D eigenvalue weighted by Gasteiger charge is -2.26. The fourth-order valence-corrected chi connectivity index (χ4v) is 6.03. The van der Waals surface area contributed by atoms with Crippen molar-refractivity contribution < 1.29 is 29.0 Å². The zero-order valence-corrected chi connectivity index (χ0v) is 21.6. The summed E-state index contributed by atoms with van der Waals surface area (Å²) in [6.07, 6.45) is -0.183. The Morgan fingerprint density at radius 2 is 1.51 bits per heavy atom. The van der Waals surface area contributed by atoms with Gasteiger partial charge < -0.3 is 24.4 Å². The molecule has 2 amide bonds. The van der Waals surface area contributed by atoms with Gasteiger partial charge in [0, 0.05) is 32.1 Å². The number of hydrogen-bond donors (Lipinski definition) is 1. The summed E-state index contributed by atoms with van der Waals surface area (Å²) in [7, 11) is 0. The number of carboxylic acids is 1. The van der Waals surface area contributed by atoms with Gasteiger partial charge in [-0.3, -0.25) is 4.79 Å². The molecule has 8 heteroatoms. The number of ether oxygens (including phenoxy) is 2. The lowest BCUT2D eigenvalue weighted by molar-refractivity contribution is -0.143. The van der Waals surface area contributed by atoms with E-state index in [4.69, 9.17) is 9.47 Å². The summed E-state index contributed by atoms with van der Waals surface area (Å²) in [5, 5.41) is 9.91. The van der Waals surface area contributed by atoms with Gasteiger partial charge in [0.05, 0.1) is 5.92 Å². The molecule has 3 aliphatic rings. The van der Waals surface area contributed by atoms with Crippen LogP contribution in [0.25, 0.3) is 11.1 Å². The summed E-state index contributed by atoms with van der Waals surface area (Å²) in [4.78, 5) is 40.9. The number of likely N-dealkylation sites (tertiary alicyclic amines) is 2. The quantitative estimate of drug-likeness (QED) is 0.638. The molecule has 5 rings (SSSR count). The van der Waals surface area contributed by atoms with Crippen molar-refractivity contribution in [3.63, 3.8) is 0 Å². The first-order valence-corrected chi connectivity index (χ1v) is 12.9. The Kier molecular flexibility index (Phi) is 6.60. The molecule has 1 aliphatic carbocycles. The number of rotatable bonds is 4. The van der Waals surface area contributed by atoms with Crippen molar-refractivity contribution in [3.8, 4) is 11.1 Å². The van der Waals surface area contributed by atoms with E-state index < -0.39 is 23.6 Å². The molecule has 196 valence electrons. The number of hydrogen-bond acceptors (Lipinski definition) is 5. The second-order valence-electron chi connectivity index (χ2n) is 11.3. The van der Waals surface area contributed by atoms with Crippen LogP contribution in [0.4, 0.5) is 9.59 Å². The maximum atomic E-state index is 13.1. The largest absolute Gasteiger partial charge is 0.481 e. The summed E-state index contributed by atoms with van der Waals surface area (Å²) < 4.78 is 11.3. The van der Waals surface area contributed by atoms with Gasteiger partial charge in [-0.25, -0.2) is 9.59 Å². The van der Waals surface area contributed by atoms with Crippen molar-refractivity contribution in [2.45, 2.75) is 38.7 Å². The van der Waals surface area contributed by atoms with Crippen molar-refractivity contribution in [2.24, 2.45) is 17.8 Å². The van der Waals surface area contributed by atoms with Crippen molar-refractivity contribution >= 4 is 18.2 Å². The second kappa shape index (κ2) is 9.72. The molecular formula is C29H34N2O6. The zero-order chi connectivity index (χ0) is 26.3. The normalized spacial score (nSPS) is 23.1. The predicted octanol–water partition coefficient (Wildman–Crippen LogP) is 4.83. The van der Waals surface area contributed by atoms with Gasteiger partial charge in [0.25, 0.3) is 0 Å². The minimum absolute atomic E-state index is 0.0139. The summed E-state index contributed by atoms with van der Waals surface area (Å²) >= 11 is 0. The molecule has 3 atom stereocenters. The van der Waals surface area contributed by atoms with Gasteiger partial charge >= 0.3 is 18.2 Å². The van der Waals surface area contributed by atoms with Crippen LogP contribution in [-0.4, -0.2) is 71.4 Å². The summed E-state index contributed by atoms with van der Waals surface area (Å²) in [5.41, 5.74) is 3.98. The molecule has 2 aromatic rings. The number of amides is 2. The highest BCUT2D eigenvalue weighted by molar-refractivity contribution is 5.79. The first-order chi connectivity index (χ1) is 17.6. The monoisotopic (exact) mass is 506 g/mol. The van der Waals surface area contributed by atoms with E-state index >= 15 is 0 Å². The number of fused-ring (bicyclic) bond motifs is 3. The van der Waals surface area contributed by atoms with Crippen molar-refractivity contribution in [2.75, 3.05) is 32.8 Å². The highest BCUT2D eigenvalue weighted by Crippen LogP contribution is 2.44. The molecule has 0 saturated carbocycles. The molecule has 0 unspecified atom stereocenters. The third kappa shape index (κ3) is 5.02. The number of carbonyl (C=O) groups is 3. The van der Waals surface area contributed by atoms with Crippen LogP contribution < -0.4 is 0 Å². The minimum atomic E-state index is -0.922. The molecule has 2 aliphatic heterocycles. The Morgan fingerprint density at radius 3 is 2.11 bits per heavy atom. The van der Waals surface area contributed by atoms with E-state index in [1.807, 2.05) is 45.0 Å². The average molecular weight is 507 g/mol. The SMILES string of the molecule is CC(C)(C)OC(=O)N1CC[C@H]([C@H]2CN(C(=O)OCC3c4ccccc4-c4ccccc43)C[C@@H]2C(=O)O)C1. The number of nitrogens with zero attached hydrogens (tertiary/aromatic N) is 2. The predicted molar refractivity (Wildman–Crippen MR) is 137 cm³/mol. The van der Waals surface area contributed by atoms with Crippen LogP contribution in [0.3, 0.4) is 0 Å². The lowest BCUT2D eigenvalue weighted by Crippen LogP contribution is -2.37. The van der Waals surface area contributed by atoms with E-state index in [-0.39, 0.29) is 37.0 Å². The molecule has 37 heavy (non-hydrogen) atoms. The smallest absolute Gasteiger partial charge is 0.410 e. The molecule has 0 aromatic heterocycles. The third-order valence-corrected chi connectivity index (χ3v) is 7.76. The van der Waals surface area contributed by atoms with Gasteiger partial charge in [-0.15, -0.1) is 0 Å². The first kappa shape index (κ1) is 25.1. The van der Waals surface area contributed by atoms with E-state index in [1.54, 1.807) is 4.90 Å². The van der Waals surface area contributed by atoms with Crippen LogP contribution in [0.2, 0.25) is 0 Å². The maximum Gasteiger partial charge on any atom is 0.410 e. The van der Waals surface area contributed by atoms with Crippen molar-refractivity contribution in [1.29, 1.82) is 0 Å². The van der Waals surface area contributed by atoms with Crippen molar-refractivity contribution in [3.05, 3.63) is 59.7 Å². The van der Waals surface area contributed by atoms with Gasteiger partial charge in [0.15, 0.2) is 0 Å². The molecule has 2 saturated heterocycles. The van der Waals surface area contributed by atoms with Crippen LogP contribution in [0.5, 0.6) is 0 Å². The number of benzene rings is 2. The second-order valence-corrected chi connectivity index (χ2v) is 11.3. The van der Waals surface area contributed by atoms with Crippen LogP contribution in [0.15, 0.2) is 48.5 Å². The van der Waals surface area contributed by atoms with E-state index in [1.165, 1.54) is 4.90 Å². The van der Waals surface area contributed by atoms with E-state index in [9.17, 15) is 19.5 Å². The molecule has 2 aromatic carbocycles. The van der Waals surface area contributed by atoms with Crippen LogP contribution in [0.1, 0.15) is 44.2 Å². The Bertz CT molecular complexity index is 1160. The Morgan fingerprint density at radius 1 is 0.892 bits per heavy atom. The van der Waals surface area contributed by atoms with Gasteiger partial charge in [-0.2, -0.15) is 0 Å². The lowest BCUT2D eigenvalue weighted by atomic mass is 9.83. The number of aliphatic carboxylic acids is 1. The Balaban J connectivity index is 1.23. The van der Waals surface area contributed by atoms with Gasteiger partial charge in [0.2, 0.25) is 0 Å². The van der Waals surface area contributed by atoms with Crippen LogP contribution >= 0.6 is 0 Å². The van der Waals surface area contributed by atoms with E-state index in [0.717, 1.165) is 22.3 Å². The summed E-state index contributed by atoms with van der Waals surface area (Å²) in [6.45, 7) is 7.03. The van der Waals surface area contributed by atoms with E-state index in [0.29, 0.717) is 26.1 Å². The molecule has 8 nitrogen and oxygen atoms in total. The summed E-state index contributed by atoms with van der Waals surface area (Å²) in [6, 6.07) is 16.3. The summed E-state index contributed by atoms with van der Waals surface area (Å²) in [5.74, 6) is -1.92. The maximum absolute atomic E-state index is 13.1. The number of carbonyl (C=O) groups excluding carboxylic acids is 2. The molecule has 0 bridgehead atoms. The average Bonchev–Trinajstić information content (AvgIpc) is 3.57. The number of carboxylic acid groups (broad SMARTS) is 1. The standard InChI is InChI=1S/C29H34N2O6/c1-29(2,3)37-28(35)30-13-12-18(14-30)23-15-31(16-24(23)26(32)33)27(34)36-17-25-21-10-6-4-8-19(21)20-9-5-7-11-22(20)25/h4-11,18,23-25H,12-17H2,1-3H3,(H,32,33)/t18-,23+,24-/m0/s1. The fraction of sp³-hybridized carbons (Fsp3) is 0.483. The minimum Gasteiger partial charge on any atom is -0.481 e. The highest BCUT2D eigenvalue weighted by Gasteiger charge is 2.46. The molecule has 0 radical (unpaired) electrons. The molecule has 0 spiro atoms. The van der Waals surface area contributed by atoms with Gasteiger partial charge in [0.1, 0.15) is 12.2 Å². The van der Waals surface area contributed by atoms with Gasteiger partial charge in [-0.05, 0) is 61.3 Å². The highest BCUT2D eigenvalue weighted by atomic mass is 16.6. The molecule has 2 fully saturated rings. The zero-order valence-electron chi connectivity index (χ0n) is 21.6. The Hall–Kier alpha value is -3.55. The fourth-order valence-electron chi connectivity index (χ4n) is 6.03. The Labute approximate surface area is 217 Å². The van der Waals surface area contributed by atoms with Gasteiger partial charge in [-0.1, -0.05) is 48.5 Å². The van der Waals surface area contributed by atoms with Crippen LogP contribution in [0, 0.1) is 17.8 Å². The van der Waals surface area contributed by atoms with E-state index in [2.05, 4.69) is 24.3 Å². The first-order valence-electron chi connectivity index (χ1n) is 12.9. The topological polar surface area (TPSA) is 96.4 Å².